The molecule has 33 heavy (non-hydrogen) atoms. The highest BCUT2D eigenvalue weighted by Crippen LogP contribution is 2.28. The topological polar surface area (TPSA) is 78.3 Å². The smallest absolute Gasteiger partial charge is 0.253 e. The van der Waals surface area contributed by atoms with Crippen molar-refractivity contribution in [3.63, 3.8) is 0 Å². The number of aryl methyl sites for hydroxylation is 1. The molecule has 1 fully saturated rings. The molecule has 0 aliphatic carbocycles. The normalized spacial score (nSPS) is 18.8. The van der Waals surface area contributed by atoms with Gasteiger partial charge in [-0.25, -0.2) is 4.98 Å². The number of aliphatic hydroxyl groups excluding tert-OH is 1. The third kappa shape index (κ3) is 5.77. The van der Waals surface area contributed by atoms with E-state index in [0.29, 0.717) is 17.3 Å². The molecule has 0 bridgehead atoms. The summed E-state index contributed by atoms with van der Waals surface area (Å²) in [4.78, 5) is 22.7. The van der Waals surface area contributed by atoms with E-state index in [1.165, 1.54) is 0 Å². The standard InChI is InChI=1S/C26H29ClN4O2/c1-17-12-21(15-29-25(17)27)24(32)23-10-9-22(30-23)13-18-5-7-20(8-6-18)26(33)31(2)16-19-4-3-11-28-14-19/h3-8,11-12,14-15,22-24,30,32H,9-10,13,16H2,1-2H3. The number of pyridine rings is 2. The van der Waals surface area contributed by atoms with Crippen molar-refractivity contribution in [3.8, 4) is 0 Å². The van der Waals surface area contributed by atoms with E-state index in [9.17, 15) is 9.90 Å². The molecular formula is C26H29ClN4O2. The number of rotatable bonds is 7. The van der Waals surface area contributed by atoms with Crippen LogP contribution < -0.4 is 5.32 Å². The van der Waals surface area contributed by atoms with Crippen LogP contribution in [-0.2, 0) is 13.0 Å². The van der Waals surface area contributed by atoms with Gasteiger partial charge >= 0.3 is 0 Å². The second-order valence-corrected chi connectivity index (χ2v) is 9.15. The van der Waals surface area contributed by atoms with Gasteiger partial charge in [-0.05, 0) is 67.1 Å². The number of nitrogens with zero attached hydrogens (tertiary/aromatic N) is 3. The Morgan fingerprint density at radius 3 is 2.70 bits per heavy atom. The first-order chi connectivity index (χ1) is 15.9. The first-order valence-corrected chi connectivity index (χ1v) is 11.6. The van der Waals surface area contributed by atoms with Gasteiger partial charge in [0.25, 0.3) is 5.91 Å². The Balaban J connectivity index is 1.31. The average Bonchev–Trinajstić information content (AvgIpc) is 3.29. The predicted octanol–water partition coefficient (Wildman–Crippen LogP) is 4.11. The maximum atomic E-state index is 12.8. The molecule has 1 saturated heterocycles. The Labute approximate surface area is 199 Å². The van der Waals surface area contributed by atoms with Gasteiger partial charge < -0.3 is 15.3 Å². The molecular weight excluding hydrogens is 436 g/mol. The summed E-state index contributed by atoms with van der Waals surface area (Å²) < 4.78 is 0. The summed E-state index contributed by atoms with van der Waals surface area (Å²) in [5, 5.41) is 14.8. The predicted molar refractivity (Wildman–Crippen MR) is 129 cm³/mol. The van der Waals surface area contributed by atoms with Crippen molar-refractivity contribution in [1.82, 2.24) is 20.2 Å². The average molecular weight is 465 g/mol. The molecule has 4 rings (SSSR count). The number of hydrogen-bond acceptors (Lipinski definition) is 5. The van der Waals surface area contributed by atoms with Gasteiger partial charge in [0.2, 0.25) is 0 Å². The highest BCUT2D eigenvalue weighted by molar-refractivity contribution is 6.30. The van der Waals surface area contributed by atoms with Crippen LogP contribution in [0, 0.1) is 6.92 Å². The number of aliphatic hydroxyl groups is 1. The van der Waals surface area contributed by atoms with Crippen LogP contribution in [0.15, 0.2) is 61.1 Å². The van der Waals surface area contributed by atoms with E-state index in [4.69, 9.17) is 11.6 Å². The molecule has 3 aromatic rings. The molecule has 3 unspecified atom stereocenters. The molecule has 1 amide bonds. The molecule has 2 aromatic heterocycles. The van der Waals surface area contributed by atoms with Gasteiger partial charge in [-0.3, -0.25) is 9.78 Å². The lowest BCUT2D eigenvalue weighted by Gasteiger charge is -2.21. The molecule has 0 radical (unpaired) electrons. The molecule has 1 aromatic carbocycles. The SMILES string of the molecule is Cc1cc(C(O)C2CCC(Cc3ccc(C(=O)N(C)Cc4cccnc4)cc3)N2)cnc1Cl. The van der Waals surface area contributed by atoms with Crippen molar-refractivity contribution in [2.24, 2.45) is 0 Å². The molecule has 0 saturated carbocycles. The minimum absolute atomic E-state index is 0.0144. The van der Waals surface area contributed by atoms with E-state index < -0.39 is 6.10 Å². The lowest BCUT2D eigenvalue weighted by molar-refractivity contribution is 0.0785. The quantitative estimate of drug-likeness (QED) is 0.514. The van der Waals surface area contributed by atoms with Crippen LogP contribution in [0.3, 0.4) is 0 Å². The van der Waals surface area contributed by atoms with Crippen LogP contribution >= 0.6 is 11.6 Å². The summed E-state index contributed by atoms with van der Waals surface area (Å²) >= 11 is 6.01. The molecule has 7 heteroatoms. The van der Waals surface area contributed by atoms with Gasteiger partial charge in [-0.1, -0.05) is 29.8 Å². The zero-order chi connectivity index (χ0) is 23.4. The van der Waals surface area contributed by atoms with Gasteiger partial charge in [-0.2, -0.15) is 0 Å². The van der Waals surface area contributed by atoms with Crippen molar-refractivity contribution in [3.05, 3.63) is 94.0 Å². The van der Waals surface area contributed by atoms with Crippen LogP contribution in [0.5, 0.6) is 0 Å². The van der Waals surface area contributed by atoms with Gasteiger partial charge in [0.1, 0.15) is 5.15 Å². The molecule has 1 aliphatic rings. The fourth-order valence-electron chi connectivity index (χ4n) is 4.36. The zero-order valence-corrected chi connectivity index (χ0v) is 19.7. The molecule has 6 nitrogen and oxygen atoms in total. The lowest BCUT2D eigenvalue weighted by Crippen LogP contribution is -2.35. The first-order valence-electron chi connectivity index (χ1n) is 11.2. The zero-order valence-electron chi connectivity index (χ0n) is 18.9. The second kappa shape index (κ2) is 10.4. The Kier molecular flexibility index (Phi) is 7.38. The number of carbonyl (C=O) groups is 1. The van der Waals surface area contributed by atoms with E-state index in [1.54, 1.807) is 30.5 Å². The number of amides is 1. The first kappa shape index (κ1) is 23.4. The maximum Gasteiger partial charge on any atom is 0.253 e. The Bertz CT molecular complexity index is 1090. The fourth-order valence-corrected chi connectivity index (χ4v) is 4.46. The Morgan fingerprint density at radius 2 is 2.00 bits per heavy atom. The molecule has 3 atom stereocenters. The molecule has 1 aliphatic heterocycles. The van der Waals surface area contributed by atoms with Crippen molar-refractivity contribution in [2.45, 2.75) is 50.9 Å². The third-order valence-electron chi connectivity index (χ3n) is 6.21. The van der Waals surface area contributed by atoms with E-state index in [2.05, 4.69) is 15.3 Å². The van der Waals surface area contributed by atoms with Gasteiger partial charge in [0.15, 0.2) is 0 Å². The third-order valence-corrected chi connectivity index (χ3v) is 6.60. The summed E-state index contributed by atoms with van der Waals surface area (Å²) in [7, 11) is 1.80. The number of carbonyl (C=O) groups excluding carboxylic acids is 1. The highest BCUT2D eigenvalue weighted by atomic mass is 35.5. The lowest BCUT2D eigenvalue weighted by atomic mass is 10.0. The summed E-state index contributed by atoms with van der Waals surface area (Å²) in [5.74, 6) is -0.0144. The maximum absolute atomic E-state index is 12.8. The summed E-state index contributed by atoms with van der Waals surface area (Å²) in [6.07, 6.45) is 7.25. The van der Waals surface area contributed by atoms with Crippen molar-refractivity contribution >= 4 is 17.5 Å². The van der Waals surface area contributed by atoms with Crippen LogP contribution in [0.2, 0.25) is 5.15 Å². The fraction of sp³-hybridized carbons (Fsp3) is 0.346. The van der Waals surface area contributed by atoms with E-state index >= 15 is 0 Å². The number of halogens is 1. The number of aromatic nitrogens is 2. The van der Waals surface area contributed by atoms with Crippen molar-refractivity contribution in [2.75, 3.05) is 7.05 Å². The van der Waals surface area contributed by atoms with E-state index in [0.717, 1.165) is 41.5 Å². The summed E-state index contributed by atoms with van der Waals surface area (Å²) in [6.45, 7) is 2.41. The van der Waals surface area contributed by atoms with Crippen molar-refractivity contribution in [1.29, 1.82) is 0 Å². The monoisotopic (exact) mass is 464 g/mol. The van der Waals surface area contributed by atoms with Crippen LogP contribution in [0.4, 0.5) is 0 Å². The summed E-state index contributed by atoms with van der Waals surface area (Å²) in [5.41, 5.74) is 4.48. The minimum atomic E-state index is -0.617. The Hall–Kier alpha value is -2.80. The Morgan fingerprint density at radius 1 is 1.21 bits per heavy atom. The number of nitrogens with one attached hydrogen (secondary N) is 1. The molecule has 172 valence electrons. The van der Waals surface area contributed by atoms with Gasteiger partial charge in [-0.15, -0.1) is 0 Å². The van der Waals surface area contributed by atoms with E-state index in [1.807, 2.05) is 49.4 Å². The van der Waals surface area contributed by atoms with Gasteiger partial charge in [0, 0.05) is 55.4 Å². The van der Waals surface area contributed by atoms with Crippen LogP contribution in [-0.4, -0.2) is 45.0 Å². The second-order valence-electron chi connectivity index (χ2n) is 8.79. The summed E-state index contributed by atoms with van der Waals surface area (Å²) in [6, 6.07) is 13.8. The van der Waals surface area contributed by atoms with Gasteiger partial charge in [0.05, 0.1) is 6.10 Å². The molecule has 0 spiro atoms. The minimum Gasteiger partial charge on any atom is -0.387 e. The largest absolute Gasteiger partial charge is 0.387 e. The highest BCUT2D eigenvalue weighted by Gasteiger charge is 2.30. The van der Waals surface area contributed by atoms with Crippen LogP contribution in [0.25, 0.3) is 0 Å². The number of benzene rings is 1. The van der Waals surface area contributed by atoms with E-state index in [-0.39, 0.29) is 18.0 Å². The van der Waals surface area contributed by atoms with Crippen LogP contribution in [0.1, 0.15) is 51.6 Å². The van der Waals surface area contributed by atoms with Crippen molar-refractivity contribution < 1.29 is 9.90 Å². The molecule has 2 N–H and O–H groups in total. The number of hydrogen-bond donors (Lipinski definition) is 2. The molecule has 3 heterocycles.